The quantitative estimate of drug-likeness (QED) is 0.738. The lowest BCUT2D eigenvalue weighted by atomic mass is 9.74. The Bertz CT molecular complexity index is 985. The van der Waals surface area contributed by atoms with Gasteiger partial charge in [-0.3, -0.25) is 14.5 Å². The molecule has 1 aromatic heterocycles. The van der Waals surface area contributed by atoms with Crippen LogP contribution in [-0.4, -0.2) is 49.9 Å². The highest BCUT2D eigenvalue weighted by molar-refractivity contribution is 7.14. The van der Waals surface area contributed by atoms with E-state index in [1.807, 2.05) is 17.5 Å². The molecule has 5 rings (SSSR count). The highest BCUT2D eigenvalue weighted by atomic mass is 32.1. The Morgan fingerprint density at radius 2 is 2.06 bits per heavy atom. The van der Waals surface area contributed by atoms with E-state index in [4.69, 9.17) is 14.2 Å². The summed E-state index contributed by atoms with van der Waals surface area (Å²) in [5.41, 5.74) is 1.62. The monoisotopic (exact) mass is 443 g/mol. The van der Waals surface area contributed by atoms with Gasteiger partial charge in [0.2, 0.25) is 18.6 Å². The maximum Gasteiger partial charge on any atom is 0.231 e. The predicted octanol–water partition coefficient (Wildman–Crippen LogP) is 2.41. The smallest absolute Gasteiger partial charge is 0.231 e. The molecule has 164 valence electrons. The summed E-state index contributed by atoms with van der Waals surface area (Å²) in [6.07, 6.45) is 3.28. The molecule has 9 heteroatoms. The second kappa shape index (κ2) is 8.47. The Labute approximate surface area is 184 Å². The molecule has 2 aromatic rings. The number of benzene rings is 1. The highest BCUT2D eigenvalue weighted by Crippen LogP contribution is 2.40. The SMILES string of the molecule is O=C(Cc1csc(N2CCCC2=O)n1)NCC1(c2ccc3c(c2)OCO3)CCOCC1. The molecular formula is C22H25N3O5S. The highest BCUT2D eigenvalue weighted by Gasteiger charge is 2.36. The van der Waals surface area contributed by atoms with E-state index in [9.17, 15) is 9.59 Å². The normalized spacial score (nSPS) is 19.6. The fraction of sp³-hybridized carbons (Fsp3) is 0.500. The molecule has 1 N–H and O–H groups in total. The van der Waals surface area contributed by atoms with Crippen LogP contribution in [0, 0.1) is 0 Å². The first-order chi connectivity index (χ1) is 15.1. The molecule has 2 fully saturated rings. The van der Waals surface area contributed by atoms with Gasteiger partial charge in [0.05, 0.1) is 12.1 Å². The first-order valence-electron chi connectivity index (χ1n) is 10.6. The number of aromatic nitrogens is 1. The van der Waals surface area contributed by atoms with E-state index >= 15 is 0 Å². The molecule has 2 saturated heterocycles. The van der Waals surface area contributed by atoms with Gasteiger partial charge in [-0.25, -0.2) is 4.98 Å². The van der Waals surface area contributed by atoms with Crippen molar-refractivity contribution in [1.29, 1.82) is 0 Å². The van der Waals surface area contributed by atoms with Crippen LogP contribution in [0.25, 0.3) is 0 Å². The number of hydrogen-bond acceptors (Lipinski definition) is 7. The van der Waals surface area contributed by atoms with Crippen LogP contribution >= 0.6 is 11.3 Å². The van der Waals surface area contributed by atoms with Crippen molar-refractivity contribution in [3.63, 3.8) is 0 Å². The molecule has 0 atom stereocenters. The summed E-state index contributed by atoms with van der Waals surface area (Å²) in [4.78, 5) is 30.8. The lowest BCUT2D eigenvalue weighted by molar-refractivity contribution is -0.121. The number of carbonyl (C=O) groups excluding carboxylic acids is 2. The maximum absolute atomic E-state index is 12.7. The Balaban J connectivity index is 1.25. The van der Waals surface area contributed by atoms with Crippen molar-refractivity contribution in [2.45, 2.75) is 37.5 Å². The van der Waals surface area contributed by atoms with Crippen LogP contribution in [0.5, 0.6) is 11.5 Å². The third-order valence-electron chi connectivity index (χ3n) is 6.24. The Morgan fingerprint density at radius 3 is 2.87 bits per heavy atom. The summed E-state index contributed by atoms with van der Waals surface area (Å²) in [5, 5.41) is 5.66. The van der Waals surface area contributed by atoms with E-state index in [0.29, 0.717) is 43.5 Å². The summed E-state index contributed by atoms with van der Waals surface area (Å²) < 4.78 is 16.6. The number of rotatable bonds is 6. The van der Waals surface area contributed by atoms with Crippen molar-refractivity contribution in [3.8, 4) is 11.5 Å². The van der Waals surface area contributed by atoms with Gasteiger partial charge in [-0.2, -0.15) is 0 Å². The van der Waals surface area contributed by atoms with Gasteiger partial charge in [-0.1, -0.05) is 6.07 Å². The minimum atomic E-state index is -0.204. The molecule has 0 bridgehead atoms. The Kier molecular flexibility index (Phi) is 5.54. The summed E-state index contributed by atoms with van der Waals surface area (Å²) >= 11 is 1.42. The first-order valence-corrected chi connectivity index (χ1v) is 11.5. The van der Waals surface area contributed by atoms with Gasteiger partial charge in [0, 0.05) is 43.5 Å². The predicted molar refractivity (Wildman–Crippen MR) is 115 cm³/mol. The molecule has 1 aromatic carbocycles. The zero-order valence-electron chi connectivity index (χ0n) is 17.2. The van der Waals surface area contributed by atoms with Gasteiger partial charge < -0.3 is 19.5 Å². The van der Waals surface area contributed by atoms with Crippen molar-refractivity contribution in [1.82, 2.24) is 10.3 Å². The molecule has 0 saturated carbocycles. The summed E-state index contributed by atoms with van der Waals surface area (Å²) in [5.74, 6) is 1.54. The van der Waals surface area contributed by atoms with E-state index in [1.54, 1.807) is 4.90 Å². The van der Waals surface area contributed by atoms with E-state index in [-0.39, 0.29) is 30.4 Å². The van der Waals surface area contributed by atoms with E-state index < -0.39 is 0 Å². The molecule has 3 aliphatic rings. The van der Waals surface area contributed by atoms with E-state index in [2.05, 4.69) is 16.4 Å². The van der Waals surface area contributed by atoms with Gasteiger partial charge in [-0.15, -0.1) is 11.3 Å². The van der Waals surface area contributed by atoms with Gasteiger partial charge in [0.25, 0.3) is 0 Å². The molecule has 0 aliphatic carbocycles. The van der Waals surface area contributed by atoms with Crippen molar-refractivity contribution in [3.05, 3.63) is 34.8 Å². The number of amides is 2. The number of anilines is 1. The average molecular weight is 444 g/mol. The van der Waals surface area contributed by atoms with Crippen LogP contribution in [0.1, 0.15) is 36.9 Å². The molecule has 4 heterocycles. The van der Waals surface area contributed by atoms with E-state index in [1.165, 1.54) is 11.3 Å². The Morgan fingerprint density at radius 1 is 1.23 bits per heavy atom. The van der Waals surface area contributed by atoms with Gasteiger partial charge >= 0.3 is 0 Å². The number of hydrogen-bond donors (Lipinski definition) is 1. The van der Waals surface area contributed by atoms with E-state index in [0.717, 1.165) is 36.3 Å². The second-order valence-electron chi connectivity index (χ2n) is 8.18. The number of fused-ring (bicyclic) bond motifs is 1. The number of carbonyl (C=O) groups is 2. The lowest BCUT2D eigenvalue weighted by Crippen LogP contribution is -2.45. The van der Waals surface area contributed by atoms with Crippen molar-refractivity contribution >= 4 is 28.3 Å². The number of thiazole rings is 1. The molecule has 0 radical (unpaired) electrons. The number of ether oxygens (including phenoxy) is 3. The second-order valence-corrected chi connectivity index (χ2v) is 9.02. The third kappa shape index (κ3) is 4.12. The molecule has 8 nitrogen and oxygen atoms in total. The minimum absolute atomic E-state index is 0.0730. The van der Waals surface area contributed by atoms with Crippen LogP contribution < -0.4 is 19.7 Å². The van der Waals surface area contributed by atoms with Crippen molar-refractivity contribution in [2.75, 3.05) is 38.0 Å². The van der Waals surface area contributed by atoms with Crippen LogP contribution in [0.3, 0.4) is 0 Å². The number of nitrogens with zero attached hydrogens (tertiary/aromatic N) is 2. The fourth-order valence-corrected chi connectivity index (χ4v) is 5.27. The summed E-state index contributed by atoms with van der Waals surface area (Å²) in [6.45, 7) is 2.78. The summed E-state index contributed by atoms with van der Waals surface area (Å²) in [6, 6.07) is 6.03. The van der Waals surface area contributed by atoms with Gasteiger partial charge in [-0.05, 0) is 37.0 Å². The Hall–Kier alpha value is -2.65. The van der Waals surface area contributed by atoms with Crippen LogP contribution in [-0.2, 0) is 26.2 Å². The largest absolute Gasteiger partial charge is 0.454 e. The standard InChI is InChI=1S/C22H25N3O5S/c26-19(11-16-12-31-21(24-16)25-7-1-2-20(25)27)23-13-22(5-8-28-9-6-22)15-3-4-17-18(10-15)30-14-29-17/h3-4,10,12H,1-2,5-9,11,13-14H2,(H,23,26). The summed E-state index contributed by atoms with van der Waals surface area (Å²) in [7, 11) is 0. The minimum Gasteiger partial charge on any atom is -0.454 e. The van der Waals surface area contributed by atoms with Gasteiger partial charge in [0.15, 0.2) is 16.6 Å². The first kappa shape index (κ1) is 20.3. The zero-order chi connectivity index (χ0) is 21.3. The molecule has 2 amide bonds. The molecule has 0 spiro atoms. The average Bonchev–Trinajstić information content (AvgIpc) is 3.53. The third-order valence-corrected chi connectivity index (χ3v) is 7.16. The van der Waals surface area contributed by atoms with Crippen LogP contribution in [0.15, 0.2) is 23.6 Å². The van der Waals surface area contributed by atoms with Crippen molar-refractivity contribution in [2.24, 2.45) is 0 Å². The van der Waals surface area contributed by atoms with Crippen LogP contribution in [0.4, 0.5) is 5.13 Å². The van der Waals surface area contributed by atoms with Crippen LogP contribution in [0.2, 0.25) is 0 Å². The zero-order valence-corrected chi connectivity index (χ0v) is 18.0. The van der Waals surface area contributed by atoms with Crippen molar-refractivity contribution < 1.29 is 23.8 Å². The molecular weight excluding hydrogens is 418 g/mol. The lowest BCUT2D eigenvalue weighted by Gasteiger charge is -2.38. The maximum atomic E-state index is 12.7. The topological polar surface area (TPSA) is 90.0 Å². The fourth-order valence-electron chi connectivity index (χ4n) is 4.40. The molecule has 0 unspecified atom stereocenters. The molecule has 31 heavy (non-hydrogen) atoms. The van der Waals surface area contributed by atoms with Gasteiger partial charge in [0.1, 0.15) is 0 Å². The number of nitrogens with one attached hydrogen (secondary N) is 1. The molecule has 3 aliphatic heterocycles.